The topological polar surface area (TPSA) is 166 Å². The number of imidazole rings is 1. The minimum atomic E-state index is -0.562. The molecule has 1 aliphatic heterocycles. The predicted molar refractivity (Wildman–Crippen MR) is 134 cm³/mol. The molecular weight excluding hydrogens is 500 g/mol. The summed E-state index contributed by atoms with van der Waals surface area (Å²) in [6.45, 7) is 0.817. The van der Waals surface area contributed by atoms with Crippen LogP contribution in [0.1, 0.15) is 24.1 Å². The van der Waals surface area contributed by atoms with Crippen molar-refractivity contribution in [1.82, 2.24) is 24.9 Å². The first-order valence-electron chi connectivity index (χ1n) is 11.5. The van der Waals surface area contributed by atoms with Crippen LogP contribution >= 0.6 is 11.6 Å². The van der Waals surface area contributed by atoms with Gasteiger partial charge in [-0.15, -0.1) is 5.10 Å². The van der Waals surface area contributed by atoms with Crippen molar-refractivity contribution < 1.29 is 14.3 Å². The van der Waals surface area contributed by atoms with E-state index in [-0.39, 0.29) is 23.8 Å². The third kappa shape index (κ3) is 4.87. The summed E-state index contributed by atoms with van der Waals surface area (Å²) in [4.78, 5) is 22.6. The molecular formula is C23H23ClN10O3. The van der Waals surface area contributed by atoms with Gasteiger partial charge in [0.15, 0.2) is 17.2 Å². The summed E-state index contributed by atoms with van der Waals surface area (Å²) in [7, 11) is 2.86. The van der Waals surface area contributed by atoms with Crippen LogP contribution in [-0.4, -0.2) is 71.2 Å². The molecule has 3 N–H and O–H groups in total. The highest BCUT2D eigenvalue weighted by atomic mass is 35.5. The van der Waals surface area contributed by atoms with Crippen LogP contribution in [0.2, 0.25) is 5.02 Å². The summed E-state index contributed by atoms with van der Waals surface area (Å²) in [5, 5.41) is 33.1. The Hall–Kier alpha value is -4.33. The number of rotatable bonds is 7. The van der Waals surface area contributed by atoms with Gasteiger partial charge in [0.05, 0.1) is 53.5 Å². The molecule has 0 spiro atoms. The number of fused-ring (bicyclic) bond motifs is 1. The zero-order valence-electron chi connectivity index (χ0n) is 20.0. The number of nitrogens with one attached hydrogen (secondary N) is 3. The van der Waals surface area contributed by atoms with Crippen molar-refractivity contribution in [2.24, 2.45) is 0 Å². The molecule has 1 aliphatic carbocycles. The number of alkyl carbamates (subject to hydrolysis) is 1. The number of carbonyl (C=O) groups is 1. The van der Waals surface area contributed by atoms with Crippen LogP contribution in [0, 0.1) is 22.7 Å². The van der Waals surface area contributed by atoms with Crippen molar-refractivity contribution in [3.63, 3.8) is 0 Å². The third-order valence-corrected chi connectivity index (χ3v) is 6.62. The predicted octanol–water partition coefficient (Wildman–Crippen LogP) is 2.40. The number of benzene rings is 1. The van der Waals surface area contributed by atoms with E-state index in [2.05, 4.69) is 43.2 Å². The Balaban J connectivity index is 1.49. The number of carbonyl (C=O) groups excluding carboxylic acids is 1. The van der Waals surface area contributed by atoms with Gasteiger partial charge >= 0.3 is 6.09 Å². The second-order valence-electron chi connectivity index (χ2n) is 8.71. The molecule has 5 rings (SSSR count). The molecule has 2 aromatic heterocycles. The Bertz CT molecular complexity index is 1440. The normalized spacial score (nSPS) is 18.8. The number of hydrogen-bond acceptors (Lipinski definition) is 11. The SMILES string of the molecule is COC(=O)N[C@H]1CN(c2cc(C#N)cc(Nc3nc(NC4CC4)c4ncc(C#N)n4n3)c2Cl)C[C@@H]1OC. The van der Waals surface area contributed by atoms with Crippen LogP contribution in [0.3, 0.4) is 0 Å². The minimum Gasteiger partial charge on any atom is -0.453 e. The van der Waals surface area contributed by atoms with E-state index in [1.165, 1.54) is 17.8 Å². The summed E-state index contributed by atoms with van der Waals surface area (Å²) in [5.41, 5.74) is 2.04. The van der Waals surface area contributed by atoms with Gasteiger partial charge in [-0.3, -0.25) is 0 Å². The molecule has 1 saturated heterocycles. The number of nitriles is 2. The van der Waals surface area contributed by atoms with Crippen LogP contribution in [0.25, 0.3) is 5.65 Å². The fourth-order valence-electron chi connectivity index (χ4n) is 4.20. The van der Waals surface area contributed by atoms with Gasteiger partial charge < -0.3 is 30.3 Å². The molecule has 13 nitrogen and oxygen atoms in total. The van der Waals surface area contributed by atoms with E-state index in [9.17, 15) is 15.3 Å². The number of methoxy groups -OCH3 is 2. The molecule has 3 aromatic rings. The molecule has 0 bridgehead atoms. The van der Waals surface area contributed by atoms with Crippen LogP contribution in [0.4, 0.5) is 27.9 Å². The quantitative estimate of drug-likeness (QED) is 0.417. The van der Waals surface area contributed by atoms with Crippen LogP contribution < -0.4 is 20.9 Å². The van der Waals surface area contributed by atoms with Crippen molar-refractivity contribution >= 4 is 46.5 Å². The molecule has 0 unspecified atom stereocenters. The maximum atomic E-state index is 11.8. The molecule has 14 heteroatoms. The summed E-state index contributed by atoms with van der Waals surface area (Å²) in [6, 6.07) is 7.45. The summed E-state index contributed by atoms with van der Waals surface area (Å²) < 4.78 is 11.7. The first-order chi connectivity index (χ1) is 17.9. The first kappa shape index (κ1) is 24.4. The molecule has 1 amide bonds. The Morgan fingerprint density at radius 1 is 1.22 bits per heavy atom. The van der Waals surface area contributed by atoms with Crippen molar-refractivity contribution in [2.75, 3.05) is 42.8 Å². The average Bonchev–Trinajstić information content (AvgIpc) is 3.47. The van der Waals surface area contributed by atoms with E-state index in [0.29, 0.717) is 52.6 Å². The third-order valence-electron chi connectivity index (χ3n) is 6.22. The van der Waals surface area contributed by atoms with E-state index < -0.39 is 6.09 Å². The fourth-order valence-corrected chi connectivity index (χ4v) is 4.48. The highest BCUT2D eigenvalue weighted by Gasteiger charge is 2.35. The second-order valence-corrected chi connectivity index (χ2v) is 9.09. The highest BCUT2D eigenvalue weighted by Crippen LogP contribution is 2.38. The smallest absolute Gasteiger partial charge is 0.407 e. The van der Waals surface area contributed by atoms with Gasteiger partial charge in [0.2, 0.25) is 5.95 Å². The van der Waals surface area contributed by atoms with Crippen molar-refractivity contribution in [3.8, 4) is 12.1 Å². The minimum absolute atomic E-state index is 0.175. The Morgan fingerprint density at radius 2 is 2.03 bits per heavy atom. The largest absolute Gasteiger partial charge is 0.453 e. The number of nitrogens with zero attached hydrogens (tertiary/aromatic N) is 7. The number of amides is 1. The molecule has 37 heavy (non-hydrogen) atoms. The lowest BCUT2D eigenvalue weighted by molar-refractivity contribution is 0.0922. The average molecular weight is 523 g/mol. The van der Waals surface area contributed by atoms with E-state index in [4.69, 9.17) is 21.1 Å². The number of aromatic nitrogens is 4. The van der Waals surface area contributed by atoms with Gasteiger partial charge in [0.25, 0.3) is 0 Å². The zero-order valence-corrected chi connectivity index (χ0v) is 20.8. The van der Waals surface area contributed by atoms with E-state index >= 15 is 0 Å². The highest BCUT2D eigenvalue weighted by molar-refractivity contribution is 6.36. The maximum Gasteiger partial charge on any atom is 0.407 e. The van der Waals surface area contributed by atoms with Crippen molar-refractivity contribution in [3.05, 3.63) is 34.6 Å². The lowest BCUT2D eigenvalue weighted by Crippen LogP contribution is -2.43. The van der Waals surface area contributed by atoms with Gasteiger partial charge in [-0.1, -0.05) is 11.6 Å². The summed E-state index contributed by atoms with van der Waals surface area (Å²) in [5.74, 6) is 0.669. The van der Waals surface area contributed by atoms with Gasteiger partial charge in [0, 0.05) is 26.2 Å². The van der Waals surface area contributed by atoms with Crippen LogP contribution in [0.15, 0.2) is 18.3 Å². The molecule has 2 fully saturated rings. The molecule has 2 atom stereocenters. The van der Waals surface area contributed by atoms with E-state index in [1.54, 1.807) is 19.2 Å². The van der Waals surface area contributed by atoms with Crippen LogP contribution in [-0.2, 0) is 9.47 Å². The van der Waals surface area contributed by atoms with Gasteiger partial charge in [-0.25, -0.2) is 9.78 Å². The Labute approximate surface area is 216 Å². The lowest BCUT2D eigenvalue weighted by Gasteiger charge is -2.22. The summed E-state index contributed by atoms with van der Waals surface area (Å²) >= 11 is 6.82. The molecule has 3 heterocycles. The number of ether oxygens (including phenoxy) is 2. The second kappa shape index (κ2) is 9.97. The monoisotopic (exact) mass is 522 g/mol. The summed E-state index contributed by atoms with van der Waals surface area (Å²) in [6.07, 6.45) is 2.60. The number of hydrogen-bond donors (Lipinski definition) is 3. The number of anilines is 4. The maximum absolute atomic E-state index is 11.8. The molecule has 190 valence electrons. The first-order valence-corrected chi connectivity index (χ1v) is 11.9. The lowest BCUT2D eigenvalue weighted by atomic mass is 10.1. The molecule has 0 radical (unpaired) electrons. The van der Waals surface area contributed by atoms with Crippen LogP contribution in [0.5, 0.6) is 0 Å². The van der Waals surface area contributed by atoms with E-state index in [0.717, 1.165) is 12.8 Å². The fraction of sp³-hybridized carbons (Fsp3) is 0.391. The molecule has 2 aliphatic rings. The molecule has 1 aromatic carbocycles. The Morgan fingerprint density at radius 3 is 2.70 bits per heavy atom. The van der Waals surface area contributed by atoms with Crippen molar-refractivity contribution in [2.45, 2.75) is 31.0 Å². The Kier molecular flexibility index (Phi) is 6.56. The van der Waals surface area contributed by atoms with Gasteiger partial charge in [-0.05, 0) is 25.0 Å². The zero-order chi connectivity index (χ0) is 26.1. The van der Waals surface area contributed by atoms with Gasteiger partial charge in [-0.2, -0.15) is 20.0 Å². The standard InChI is InChI=1S/C23H23ClN10O3/c1-36-18-11-33(10-16(18)30-23(35)37-2)17-6-12(7-25)5-15(19(17)24)29-22-31-20(28-13-3-4-13)21-27-9-14(8-26)34(21)32-22/h5-6,9,13,16,18H,3-4,10-11H2,1-2H3,(H,30,35)(H2,28,29,31,32)/t16-,18-/m0/s1. The molecule has 1 saturated carbocycles. The number of halogens is 1. The van der Waals surface area contributed by atoms with Crippen molar-refractivity contribution in [1.29, 1.82) is 10.5 Å². The van der Waals surface area contributed by atoms with E-state index in [1.807, 2.05) is 4.90 Å². The van der Waals surface area contributed by atoms with Gasteiger partial charge in [0.1, 0.15) is 6.07 Å².